The van der Waals surface area contributed by atoms with Crippen molar-refractivity contribution in [3.63, 3.8) is 0 Å². The van der Waals surface area contributed by atoms with Gasteiger partial charge in [-0.3, -0.25) is 9.59 Å². The van der Waals surface area contributed by atoms with Crippen LogP contribution in [0, 0.1) is 5.92 Å². The molecular weight excluding hydrogens is 556 g/mol. The summed E-state index contributed by atoms with van der Waals surface area (Å²) < 4.78 is 37.2. The molecule has 1 atom stereocenters. The predicted molar refractivity (Wildman–Crippen MR) is 151 cm³/mol. The lowest BCUT2D eigenvalue weighted by Gasteiger charge is -2.21. The van der Waals surface area contributed by atoms with Crippen molar-refractivity contribution in [1.82, 2.24) is 14.7 Å². The number of hydrogen-bond donors (Lipinski definition) is 3. The minimum Gasteiger partial charge on any atom is -0.505 e. The Morgan fingerprint density at radius 2 is 2.12 bits per heavy atom. The van der Waals surface area contributed by atoms with Crippen LogP contribution in [0.25, 0.3) is 10.6 Å². The number of aromatic nitrogens is 2. The summed E-state index contributed by atoms with van der Waals surface area (Å²) in [5, 5.41) is 20.2. The number of nitrogens with zero attached hydrogens (tertiary/aromatic N) is 4. The van der Waals surface area contributed by atoms with E-state index >= 15 is 0 Å². The van der Waals surface area contributed by atoms with E-state index in [0.717, 1.165) is 6.42 Å². The normalized spacial score (nSPS) is 17.9. The average Bonchev–Trinajstić information content (AvgIpc) is 3.59. The van der Waals surface area contributed by atoms with Gasteiger partial charge in [-0.25, -0.2) is 4.68 Å². The van der Waals surface area contributed by atoms with E-state index in [1.165, 1.54) is 34.2 Å². The zero-order valence-electron chi connectivity index (χ0n) is 22.0. The predicted octanol–water partition coefficient (Wildman–Crippen LogP) is 2.22. The number of carbonyl (C=O) groups excluding carboxylic acids is 1. The molecule has 12 nitrogen and oxygen atoms in total. The van der Waals surface area contributed by atoms with Gasteiger partial charge in [0.1, 0.15) is 21.9 Å². The molecule has 2 aliphatic heterocycles. The van der Waals surface area contributed by atoms with Crippen LogP contribution in [0.4, 0.5) is 5.69 Å². The summed E-state index contributed by atoms with van der Waals surface area (Å²) >= 11 is 1.33. The minimum absolute atomic E-state index is 0.0588. The summed E-state index contributed by atoms with van der Waals surface area (Å²) in [6.45, 7) is 5.05. The summed E-state index contributed by atoms with van der Waals surface area (Å²) in [6, 6.07) is 7.72. The summed E-state index contributed by atoms with van der Waals surface area (Å²) in [5.74, 6) is -0.549. The number of nitrogens with one attached hydrogen (secondary N) is 1. The number of rotatable bonds is 8. The molecule has 3 aromatic rings. The molecule has 4 heterocycles. The fourth-order valence-corrected chi connectivity index (χ4v) is 6.32. The van der Waals surface area contributed by atoms with Gasteiger partial charge in [-0.2, -0.15) is 13.5 Å². The Labute approximate surface area is 235 Å². The largest absolute Gasteiger partial charge is 0.505 e. The number of carbonyl (C=O) groups is 1. The van der Waals surface area contributed by atoms with E-state index < -0.39 is 21.3 Å². The zero-order chi connectivity index (χ0) is 28.6. The third kappa shape index (κ3) is 5.60. The summed E-state index contributed by atoms with van der Waals surface area (Å²) in [6.07, 6.45) is 1.37. The lowest BCUT2D eigenvalue weighted by Crippen LogP contribution is -2.35. The second-order valence-corrected chi connectivity index (χ2v) is 12.7. The van der Waals surface area contributed by atoms with Crippen LogP contribution in [0.2, 0.25) is 0 Å². The van der Waals surface area contributed by atoms with Crippen molar-refractivity contribution in [2.45, 2.75) is 44.2 Å². The number of ether oxygens (including phenoxy) is 1. The number of likely N-dealkylation sites (tertiary alicyclic amines) is 1. The molecule has 1 unspecified atom stereocenters. The first-order chi connectivity index (χ1) is 19.0. The van der Waals surface area contributed by atoms with Crippen LogP contribution in [0.5, 0.6) is 11.5 Å². The topological polar surface area (TPSA) is 169 Å². The van der Waals surface area contributed by atoms with Crippen LogP contribution in [0.1, 0.15) is 32.3 Å². The fraction of sp³-hybridized carbons (Fsp3) is 0.385. The Hall–Kier alpha value is -3.75. The van der Waals surface area contributed by atoms with Gasteiger partial charge in [0, 0.05) is 31.7 Å². The molecule has 1 amide bonds. The lowest BCUT2D eigenvalue weighted by molar-refractivity contribution is -0.132. The highest BCUT2D eigenvalue weighted by Crippen LogP contribution is 2.36. The van der Waals surface area contributed by atoms with Gasteiger partial charge in [-0.15, -0.1) is 15.7 Å². The molecule has 0 spiro atoms. The van der Waals surface area contributed by atoms with Crippen LogP contribution in [0.3, 0.4) is 0 Å². The number of anilines is 1. The van der Waals surface area contributed by atoms with Crippen LogP contribution in [0.15, 0.2) is 49.8 Å². The minimum atomic E-state index is -4.31. The monoisotopic (exact) mass is 586 g/mol. The van der Waals surface area contributed by atoms with Crippen LogP contribution < -0.4 is 21.3 Å². The number of aromatic hydroxyl groups is 1. The van der Waals surface area contributed by atoms with Crippen molar-refractivity contribution in [2.24, 2.45) is 16.0 Å². The van der Waals surface area contributed by atoms with E-state index in [4.69, 9.17) is 10.5 Å². The van der Waals surface area contributed by atoms with E-state index in [2.05, 4.69) is 14.8 Å². The maximum absolute atomic E-state index is 13.4. The maximum Gasteiger partial charge on any atom is 0.286 e. The van der Waals surface area contributed by atoms with Crippen molar-refractivity contribution in [3.05, 3.63) is 51.6 Å². The highest BCUT2D eigenvalue weighted by Gasteiger charge is 2.31. The second-order valence-electron chi connectivity index (χ2n) is 10.1. The van der Waals surface area contributed by atoms with E-state index in [9.17, 15) is 23.1 Å². The van der Waals surface area contributed by atoms with Gasteiger partial charge < -0.3 is 25.8 Å². The highest BCUT2D eigenvalue weighted by atomic mass is 32.2. The van der Waals surface area contributed by atoms with Crippen molar-refractivity contribution < 1.29 is 23.1 Å². The second kappa shape index (κ2) is 11.0. The number of amidine groups is 1. The van der Waals surface area contributed by atoms with Gasteiger partial charge in [0.2, 0.25) is 0 Å². The summed E-state index contributed by atoms with van der Waals surface area (Å²) in [5.41, 5.74) is 5.22. The van der Waals surface area contributed by atoms with Crippen LogP contribution in [-0.2, 0) is 21.4 Å². The average molecular weight is 587 g/mol. The molecule has 2 aliphatic rings. The van der Waals surface area contributed by atoms with Gasteiger partial charge in [0.15, 0.2) is 18.2 Å². The quantitative estimate of drug-likeness (QED) is 0.358. The van der Waals surface area contributed by atoms with Crippen molar-refractivity contribution >= 4 is 38.8 Å². The molecule has 40 heavy (non-hydrogen) atoms. The summed E-state index contributed by atoms with van der Waals surface area (Å²) in [4.78, 5) is 27.9. The first-order valence-electron chi connectivity index (χ1n) is 12.8. The fourth-order valence-electron chi connectivity index (χ4n) is 4.47. The Kier molecular flexibility index (Phi) is 7.66. The molecule has 0 radical (unpaired) electrons. The smallest absolute Gasteiger partial charge is 0.286 e. The lowest BCUT2D eigenvalue weighted by atomic mass is 10.1. The van der Waals surface area contributed by atoms with Gasteiger partial charge in [0.25, 0.3) is 21.5 Å². The molecule has 0 bridgehead atoms. The van der Waals surface area contributed by atoms with Gasteiger partial charge in [-0.1, -0.05) is 19.9 Å². The Morgan fingerprint density at radius 1 is 1.32 bits per heavy atom. The molecule has 0 aliphatic carbocycles. The molecular formula is C26H30N6O6S2. The standard InChI is InChI=1S/C26H30N6O6S2/c1-15(2)7-10-32-26(35)22(24(34)23(29-32)19-4-3-11-39-19)25-28-18-6-5-17(12-20(18)40(36,37)30-25)38-14-21(33)31-9-8-16(27)13-31/h3-6,11-12,15-16,34H,7-10,13-14,27H2,1-2H3,(H,28,30). The number of benzene rings is 1. The van der Waals surface area contributed by atoms with Crippen molar-refractivity contribution in [1.29, 1.82) is 0 Å². The van der Waals surface area contributed by atoms with E-state index in [1.807, 2.05) is 19.2 Å². The number of thiophene rings is 1. The Bertz CT molecular complexity index is 1630. The number of aryl methyl sites for hydroxylation is 1. The van der Waals surface area contributed by atoms with Crippen molar-refractivity contribution in [3.8, 4) is 22.1 Å². The molecule has 2 aromatic heterocycles. The molecule has 212 valence electrons. The number of amides is 1. The molecule has 1 aromatic carbocycles. The van der Waals surface area contributed by atoms with E-state index in [-0.39, 0.29) is 64.4 Å². The van der Waals surface area contributed by atoms with Gasteiger partial charge in [-0.05, 0) is 42.3 Å². The SMILES string of the molecule is CC(C)CCn1nc(-c2cccs2)c(O)c(C2=NS(=O)(=O)c3cc(OCC(=O)N4CCC(N)C4)ccc3N2)c1=O. The molecule has 1 fully saturated rings. The number of nitrogens with two attached hydrogens (primary N) is 1. The molecule has 1 saturated heterocycles. The third-order valence-corrected chi connectivity index (χ3v) is 8.87. The number of hydrogen-bond acceptors (Lipinski definition) is 10. The Balaban J connectivity index is 1.47. The maximum atomic E-state index is 13.4. The first-order valence-corrected chi connectivity index (χ1v) is 15.2. The van der Waals surface area contributed by atoms with Crippen molar-refractivity contribution in [2.75, 3.05) is 25.0 Å². The van der Waals surface area contributed by atoms with Crippen LogP contribution in [-0.4, -0.2) is 65.7 Å². The van der Waals surface area contributed by atoms with Gasteiger partial charge in [0.05, 0.1) is 10.6 Å². The number of sulfonamides is 1. The van der Waals surface area contributed by atoms with Gasteiger partial charge >= 0.3 is 0 Å². The third-order valence-electron chi connectivity index (χ3n) is 6.67. The summed E-state index contributed by atoms with van der Waals surface area (Å²) in [7, 11) is -4.31. The Morgan fingerprint density at radius 3 is 2.80 bits per heavy atom. The van der Waals surface area contributed by atoms with Crippen LogP contribution >= 0.6 is 11.3 Å². The molecule has 5 rings (SSSR count). The van der Waals surface area contributed by atoms with E-state index in [1.54, 1.807) is 17.0 Å². The number of fused-ring (bicyclic) bond motifs is 1. The van der Waals surface area contributed by atoms with E-state index in [0.29, 0.717) is 24.4 Å². The highest BCUT2D eigenvalue weighted by molar-refractivity contribution is 7.90. The zero-order valence-corrected chi connectivity index (χ0v) is 23.7. The molecule has 14 heteroatoms. The first kappa shape index (κ1) is 27.8. The molecule has 0 saturated carbocycles. The molecule has 4 N–H and O–H groups in total.